The van der Waals surface area contributed by atoms with E-state index in [1.165, 1.54) is 3.57 Å². The van der Waals surface area contributed by atoms with Crippen LogP contribution in [0.1, 0.15) is 26.7 Å². The number of hydrogen-bond acceptors (Lipinski definition) is 2. The van der Waals surface area contributed by atoms with Gasteiger partial charge in [0.15, 0.2) is 0 Å². The fraction of sp³-hybridized carbons (Fsp3) is 0.500. The lowest BCUT2D eigenvalue weighted by molar-refractivity contribution is 0.592. The Kier molecular flexibility index (Phi) is 4.70. The summed E-state index contributed by atoms with van der Waals surface area (Å²) < 4.78 is 1.19. The molecule has 0 radical (unpaired) electrons. The van der Waals surface area contributed by atoms with Gasteiger partial charge in [-0.25, -0.2) is 0 Å². The smallest absolute Gasteiger partial charge is 0.0600 e. The van der Waals surface area contributed by atoms with Crippen LogP contribution in [-0.4, -0.2) is 13.1 Å². The standard InChI is InChI=1S/C12H19IN2/c1-4-10(5-2)15(3)12-7-6-9(13)8-11(12)14/h6-8,10H,4-5,14H2,1-3H3. The minimum Gasteiger partial charge on any atom is -0.397 e. The summed E-state index contributed by atoms with van der Waals surface area (Å²) in [6, 6.07) is 6.81. The highest BCUT2D eigenvalue weighted by molar-refractivity contribution is 14.1. The van der Waals surface area contributed by atoms with Gasteiger partial charge < -0.3 is 10.6 Å². The minimum atomic E-state index is 0.576. The number of benzene rings is 1. The Labute approximate surface area is 106 Å². The van der Waals surface area contributed by atoms with Gasteiger partial charge in [0.2, 0.25) is 0 Å². The molecule has 84 valence electrons. The van der Waals surface area contributed by atoms with Crippen molar-refractivity contribution in [2.45, 2.75) is 32.7 Å². The summed E-state index contributed by atoms with van der Waals surface area (Å²) in [5, 5.41) is 0. The lowest BCUT2D eigenvalue weighted by Crippen LogP contribution is -2.30. The number of nitrogens with zero attached hydrogens (tertiary/aromatic N) is 1. The number of halogens is 1. The van der Waals surface area contributed by atoms with E-state index in [-0.39, 0.29) is 0 Å². The number of anilines is 2. The van der Waals surface area contributed by atoms with Crippen molar-refractivity contribution < 1.29 is 0 Å². The molecule has 0 fully saturated rings. The maximum atomic E-state index is 6.02. The molecule has 1 aromatic carbocycles. The van der Waals surface area contributed by atoms with Gasteiger partial charge >= 0.3 is 0 Å². The second kappa shape index (κ2) is 5.58. The zero-order valence-corrected chi connectivity index (χ0v) is 11.8. The average molecular weight is 318 g/mol. The summed E-state index contributed by atoms with van der Waals surface area (Å²) in [6.07, 6.45) is 2.30. The molecule has 0 heterocycles. The Morgan fingerprint density at radius 2 is 1.93 bits per heavy atom. The van der Waals surface area contributed by atoms with Gasteiger partial charge in [-0.1, -0.05) is 13.8 Å². The van der Waals surface area contributed by atoms with E-state index in [1.807, 2.05) is 6.07 Å². The third-order valence-electron chi connectivity index (χ3n) is 2.86. The third kappa shape index (κ3) is 3.00. The lowest BCUT2D eigenvalue weighted by Gasteiger charge is -2.29. The molecule has 1 rings (SSSR count). The van der Waals surface area contributed by atoms with Crippen LogP contribution < -0.4 is 10.6 Å². The molecule has 0 saturated heterocycles. The highest BCUT2D eigenvalue weighted by Crippen LogP contribution is 2.26. The molecule has 0 saturated carbocycles. The summed E-state index contributed by atoms with van der Waals surface area (Å²) >= 11 is 2.28. The fourth-order valence-electron chi connectivity index (χ4n) is 1.88. The van der Waals surface area contributed by atoms with E-state index in [4.69, 9.17) is 5.73 Å². The minimum absolute atomic E-state index is 0.576. The van der Waals surface area contributed by atoms with Crippen LogP contribution in [-0.2, 0) is 0 Å². The first-order valence-corrected chi connectivity index (χ1v) is 6.45. The Bertz CT molecular complexity index is 321. The van der Waals surface area contributed by atoms with Gasteiger partial charge in [-0.05, 0) is 53.6 Å². The first-order valence-electron chi connectivity index (χ1n) is 5.38. The van der Waals surface area contributed by atoms with Crippen LogP contribution in [0.15, 0.2) is 18.2 Å². The van der Waals surface area contributed by atoms with Crippen molar-refractivity contribution in [2.75, 3.05) is 17.7 Å². The van der Waals surface area contributed by atoms with Gasteiger partial charge in [-0.3, -0.25) is 0 Å². The van der Waals surface area contributed by atoms with Crippen LogP contribution in [0, 0.1) is 3.57 Å². The lowest BCUT2D eigenvalue weighted by atomic mass is 10.1. The van der Waals surface area contributed by atoms with Crippen molar-refractivity contribution >= 4 is 34.0 Å². The molecule has 15 heavy (non-hydrogen) atoms. The predicted molar refractivity (Wildman–Crippen MR) is 76.3 cm³/mol. The molecule has 0 aliphatic carbocycles. The van der Waals surface area contributed by atoms with Crippen LogP contribution in [0.5, 0.6) is 0 Å². The van der Waals surface area contributed by atoms with Gasteiger partial charge in [-0.2, -0.15) is 0 Å². The number of nitrogens with two attached hydrogens (primary N) is 1. The summed E-state index contributed by atoms with van der Waals surface area (Å²) in [4.78, 5) is 2.28. The Balaban J connectivity index is 2.94. The molecule has 2 nitrogen and oxygen atoms in total. The first kappa shape index (κ1) is 12.6. The maximum absolute atomic E-state index is 6.02. The third-order valence-corrected chi connectivity index (χ3v) is 3.53. The molecule has 0 amide bonds. The van der Waals surface area contributed by atoms with Crippen LogP contribution in [0.4, 0.5) is 11.4 Å². The Morgan fingerprint density at radius 3 is 2.40 bits per heavy atom. The van der Waals surface area contributed by atoms with E-state index in [1.54, 1.807) is 0 Å². The second-order valence-corrected chi connectivity index (χ2v) is 5.03. The largest absolute Gasteiger partial charge is 0.397 e. The average Bonchev–Trinajstić information content (AvgIpc) is 2.19. The van der Waals surface area contributed by atoms with Crippen molar-refractivity contribution in [1.82, 2.24) is 0 Å². The molecular formula is C12H19IN2. The van der Waals surface area contributed by atoms with Crippen LogP contribution in [0.3, 0.4) is 0 Å². The van der Waals surface area contributed by atoms with Crippen molar-refractivity contribution in [2.24, 2.45) is 0 Å². The van der Waals surface area contributed by atoms with E-state index < -0.39 is 0 Å². The zero-order valence-electron chi connectivity index (χ0n) is 9.63. The van der Waals surface area contributed by atoms with Gasteiger partial charge in [0.1, 0.15) is 0 Å². The SMILES string of the molecule is CCC(CC)N(C)c1ccc(I)cc1N. The van der Waals surface area contributed by atoms with Crippen LogP contribution in [0.2, 0.25) is 0 Å². The van der Waals surface area contributed by atoms with Gasteiger partial charge in [-0.15, -0.1) is 0 Å². The molecule has 3 heteroatoms. The molecule has 0 spiro atoms. The second-order valence-electron chi connectivity index (χ2n) is 3.78. The van der Waals surface area contributed by atoms with Gasteiger partial charge in [0.25, 0.3) is 0 Å². The highest BCUT2D eigenvalue weighted by atomic mass is 127. The Hall–Kier alpha value is -0.450. The van der Waals surface area contributed by atoms with Crippen molar-refractivity contribution in [1.29, 1.82) is 0 Å². The predicted octanol–water partition coefficient (Wildman–Crippen LogP) is 3.50. The zero-order chi connectivity index (χ0) is 11.4. The van der Waals surface area contributed by atoms with E-state index in [0.717, 1.165) is 24.2 Å². The topological polar surface area (TPSA) is 29.3 Å². The maximum Gasteiger partial charge on any atom is 0.0600 e. The van der Waals surface area contributed by atoms with E-state index in [0.29, 0.717) is 6.04 Å². The van der Waals surface area contributed by atoms with E-state index in [2.05, 4.69) is 60.5 Å². The first-order chi connectivity index (χ1) is 7.10. The van der Waals surface area contributed by atoms with E-state index >= 15 is 0 Å². The molecule has 0 unspecified atom stereocenters. The summed E-state index contributed by atoms with van der Waals surface area (Å²) in [5.41, 5.74) is 8.04. The van der Waals surface area contributed by atoms with Gasteiger partial charge in [0.05, 0.1) is 11.4 Å². The molecule has 0 aromatic heterocycles. The molecule has 0 aliphatic heterocycles. The molecule has 0 aliphatic rings. The number of nitrogen functional groups attached to an aromatic ring is 1. The fourth-order valence-corrected chi connectivity index (χ4v) is 2.39. The highest BCUT2D eigenvalue weighted by Gasteiger charge is 2.13. The van der Waals surface area contributed by atoms with Crippen molar-refractivity contribution in [3.63, 3.8) is 0 Å². The summed E-state index contributed by atoms with van der Waals surface area (Å²) in [6.45, 7) is 4.43. The van der Waals surface area contributed by atoms with Crippen molar-refractivity contribution in [3.05, 3.63) is 21.8 Å². The van der Waals surface area contributed by atoms with Crippen molar-refractivity contribution in [3.8, 4) is 0 Å². The van der Waals surface area contributed by atoms with Crippen LogP contribution >= 0.6 is 22.6 Å². The molecule has 2 N–H and O–H groups in total. The molecular weight excluding hydrogens is 299 g/mol. The summed E-state index contributed by atoms with van der Waals surface area (Å²) in [5.74, 6) is 0. The quantitative estimate of drug-likeness (QED) is 0.680. The van der Waals surface area contributed by atoms with Gasteiger partial charge in [0, 0.05) is 16.7 Å². The summed E-state index contributed by atoms with van der Waals surface area (Å²) in [7, 11) is 2.12. The molecule has 0 bridgehead atoms. The number of rotatable bonds is 4. The normalized spacial score (nSPS) is 10.7. The molecule has 1 aromatic rings. The Morgan fingerprint density at radius 1 is 1.33 bits per heavy atom. The number of hydrogen-bond donors (Lipinski definition) is 1. The van der Waals surface area contributed by atoms with Crippen LogP contribution in [0.25, 0.3) is 0 Å². The van der Waals surface area contributed by atoms with E-state index in [9.17, 15) is 0 Å². The monoisotopic (exact) mass is 318 g/mol. The molecule has 0 atom stereocenters.